The predicted molar refractivity (Wildman–Crippen MR) is 80.3 cm³/mol. The van der Waals surface area contributed by atoms with Crippen LogP contribution in [0.3, 0.4) is 0 Å². The molecule has 0 spiro atoms. The number of benzene rings is 1. The van der Waals surface area contributed by atoms with E-state index in [2.05, 4.69) is 12.2 Å². The molecular formula is C17H25F2NO. The number of ether oxygens (including phenoxy) is 1. The Morgan fingerprint density at radius 3 is 2.52 bits per heavy atom. The normalized spacial score (nSPS) is 17.8. The van der Waals surface area contributed by atoms with Crippen molar-refractivity contribution in [3.8, 4) is 0 Å². The number of hydrogen-bond acceptors (Lipinski definition) is 2. The van der Waals surface area contributed by atoms with E-state index in [-0.39, 0.29) is 12.1 Å². The Bertz CT molecular complexity index is 474. The molecule has 1 N–H and O–H groups in total. The second-order valence-corrected chi connectivity index (χ2v) is 5.79. The van der Waals surface area contributed by atoms with Gasteiger partial charge < -0.3 is 10.1 Å². The van der Waals surface area contributed by atoms with Gasteiger partial charge >= 0.3 is 0 Å². The van der Waals surface area contributed by atoms with Crippen LogP contribution in [0.15, 0.2) is 12.1 Å². The van der Waals surface area contributed by atoms with E-state index < -0.39 is 11.6 Å². The molecule has 0 radical (unpaired) electrons. The molecular weight excluding hydrogens is 272 g/mol. The monoisotopic (exact) mass is 297 g/mol. The van der Waals surface area contributed by atoms with E-state index in [0.29, 0.717) is 23.7 Å². The van der Waals surface area contributed by atoms with Gasteiger partial charge in [-0.25, -0.2) is 8.78 Å². The van der Waals surface area contributed by atoms with Crippen LogP contribution in [0.25, 0.3) is 0 Å². The van der Waals surface area contributed by atoms with Crippen LogP contribution in [0.1, 0.15) is 50.3 Å². The molecule has 1 aromatic rings. The van der Waals surface area contributed by atoms with E-state index in [1.807, 2.05) is 6.92 Å². The number of nitrogens with one attached hydrogen (secondary N) is 1. The lowest BCUT2D eigenvalue weighted by Gasteiger charge is -2.29. The first-order chi connectivity index (χ1) is 10.1. The minimum atomic E-state index is -0.748. The molecule has 0 bridgehead atoms. The van der Waals surface area contributed by atoms with Gasteiger partial charge in [-0.2, -0.15) is 0 Å². The maximum atomic E-state index is 14.4. The largest absolute Gasteiger partial charge is 0.376 e. The molecule has 2 unspecified atom stereocenters. The smallest absolute Gasteiger partial charge is 0.163 e. The molecule has 2 atom stereocenters. The number of rotatable bonds is 8. The third kappa shape index (κ3) is 3.80. The Labute approximate surface area is 125 Å². The van der Waals surface area contributed by atoms with Crippen molar-refractivity contribution in [3.05, 3.63) is 34.9 Å². The van der Waals surface area contributed by atoms with Gasteiger partial charge in [0.1, 0.15) is 0 Å². The van der Waals surface area contributed by atoms with E-state index in [1.165, 1.54) is 0 Å². The van der Waals surface area contributed by atoms with Gasteiger partial charge in [0.15, 0.2) is 11.6 Å². The fraction of sp³-hybridized carbons (Fsp3) is 0.647. The van der Waals surface area contributed by atoms with Crippen molar-refractivity contribution in [3.63, 3.8) is 0 Å². The van der Waals surface area contributed by atoms with Gasteiger partial charge in [-0.05, 0) is 51.1 Å². The highest BCUT2D eigenvalue weighted by atomic mass is 19.2. The molecule has 1 saturated carbocycles. The number of aryl methyl sites for hydroxylation is 1. The van der Waals surface area contributed by atoms with Crippen LogP contribution in [0.4, 0.5) is 8.78 Å². The van der Waals surface area contributed by atoms with Gasteiger partial charge in [0.2, 0.25) is 0 Å². The van der Waals surface area contributed by atoms with Gasteiger partial charge in [-0.3, -0.25) is 0 Å². The number of hydrogen-bond donors (Lipinski definition) is 1. The van der Waals surface area contributed by atoms with Crippen molar-refractivity contribution < 1.29 is 13.5 Å². The van der Waals surface area contributed by atoms with E-state index in [4.69, 9.17) is 4.74 Å². The average Bonchev–Trinajstić information content (AvgIpc) is 3.30. The lowest BCUT2D eigenvalue weighted by Crippen LogP contribution is -2.36. The lowest BCUT2D eigenvalue weighted by atomic mass is 9.96. The molecule has 0 amide bonds. The first-order valence-corrected chi connectivity index (χ1v) is 7.89. The Morgan fingerprint density at radius 2 is 1.95 bits per heavy atom. The zero-order valence-corrected chi connectivity index (χ0v) is 13.1. The Morgan fingerprint density at radius 1 is 1.24 bits per heavy atom. The molecule has 1 aliphatic carbocycles. The van der Waals surface area contributed by atoms with Crippen molar-refractivity contribution in [1.29, 1.82) is 0 Å². The molecule has 2 rings (SSSR count). The minimum absolute atomic E-state index is 0.0850. The van der Waals surface area contributed by atoms with Crippen LogP contribution >= 0.6 is 0 Å². The van der Waals surface area contributed by atoms with E-state index in [9.17, 15) is 8.78 Å². The molecule has 1 aliphatic rings. The quantitative estimate of drug-likeness (QED) is 0.779. The Kier molecular flexibility index (Phi) is 5.71. The molecule has 2 nitrogen and oxygen atoms in total. The third-order valence-corrected chi connectivity index (χ3v) is 4.03. The number of halogens is 2. The summed E-state index contributed by atoms with van der Waals surface area (Å²) in [5.74, 6) is -1.04. The molecule has 21 heavy (non-hydrogen) atoms. The summed E-state index contributed by atoms with van der Waals surface area (Å²) < 4.78 is 34.1. The molecule has 1 aromatic carbocycles. The van der Waals surface area contributed by atoms with Crippen molar-refractivity contribution in [2.45, 2.75) is 52.2 Å². The van der Waals surface area contributed by atoms with Gasteiger partial charge in [0.25, 0.3) is 0 Å². The van der Waals surface area contributed by atoms with Crippen molar-refractivity contribution in [2.75, 3.05) is 13.2 Å². The molecule has 0 saturated heterocycles. The molecule has 4 heteroatoms. The first-order valence-electron chi connectivity index (χ1n) is 7.89. The minimum Gasteiger partial charge on any atom is -0.376 e. The van der Waals surface area contributed by atoms with Crippen molar-refractivity contribution >= 4 is 0 Å². The van der Waals surface area contributed by atoms with Crippen LogP contribution in [-0.4, -0.2) is 19.3 Å². The van der Waals surface area contributed by atoms with Crippen molar-refractivity contribution in [1.82, 2.24) is 5.32 Å². The predicted octanol–water partition coefficient (Wildman–Crippen LogP) is 4.13. The maximum Gasteiger partial charge on any atom is 0.163 e. The summed E-state index contributed by atoms with van der Waals surface area (Å²) in [6, 6.07) is 3.05. The van der Waals surface area contributed by atoms with Crippen LogP contribution in [0, 0.1) is 24.5 Å². The first kappa shape index (κ1) is 16.4. The fourth-order valence-corrected chi connectivity index (χ4v) is 2.73. The molecule has 0 heterocycles. The summed E-state index contributed by atoms with van der Waals surface area (Å²) in [6.07, 6.45) is 3.06. The van der Waals surface area contributed by atoms with Crippen LogP contribution < -0.4 is 5.32 Å². The van der Waals surface area contributed by atoms with Crippen LogP contribution in [0.5, 0.6) is 0 Å². The zero-order chi connectivity index (χ0) is 15.4. The molecule has 0 aromatic heterocycles. The highest BCUT2D eigenvalue weighted by Crippen LogP contribution is 2.41. The zero-order valence-electron chi connectivity index (χ0n) is 13.1. The van der Waals surface area contributed by atoms with Gasteiger partial charge in [-0.15, -0.1) is 0 Å². The summed E-state index contributed by atoms with van der Waals surface area (Å²) in [6.45, 7) is 6.93. The van der Waals surface area contributed by atoms with E-state index in [1.54, 1.807) is 19.1 Å². The summed E-state index contributed by atoms with van der Waals surface area (Å²) in [4.78, 5) is 0. The van der Waals surface area contributed by atoms with Gasteiger partial charge in [0.05, 0.1) is 12.1 Å². The van der Waals surface area contributed by atoms with E-state index >= 15 is 0 Å². The van der Waals surface area contributed by atoms with Crippen molar-refractivity contribution in [2.24, 2.45) is 5.92 Å². The second-order valence-electron chi connectivity index (χ2n) is 5.79. The topological polar surface area (TPSA) is 21.3 Å². The summed E-state index contributed by atoms with van der Waals surface area (Å²) in [7, 11) is 0. The molecule has 1 fully saturated rings. The van der Waals surface area contributed by atoms with Gasteiger partial charge in [0, 0.05) is 12.2 Å². The standard InChI is InChI=1S/C17H25F2NO/c1-4-10-20-16(17(21-5-2)12-7-8-12)13-9-6-11(3)14(18)15(13)19/h6,9,12,16-17,20H,4-5,7-8,10H2,1-3H3. The lowest BCUT2D eigenvalue weighted by molar-refractivity contribution is 0.0175. The fourth-order valence-electron chi connectivity index (χ4n) is 2.73. The van der Waals surface area contributed by atoms with Crippen LogP contribution in [-0.2, 0) is 4.74 Å². The average molecular weight is 297 g/mol. The second kappa shape index (κ2) is 7.32. The van der Waals surface area contributed by atoms with E-state index in [0.717, 1.165) is 25.8 Å². The highest BCUT2D eigenvalue weighted by Gasteiger charge is 2.39. The Hall–Kier alpha value is -1.00. The highest BCUT2D eigenvalue weighted by molar-refractivity contribution is 5.29. The summed E-state index contributed by atoms with van der Waals surface area (Å²) in [5, 5.41) is 3.35. The van der Waals surface area contributed by atoms with Gasteiger partial charge in [-0.1, -0.05) is 19.1 Å². The Balaban J connectivity index is 2.32. The van der Waals surface area contributed by atoms with Crippen LogP contribution in [0.2, 0.25) is 0 Å². The maximum absolute atomic E-state index is 14.4. The molecule has 0 aliphatic heterocycles. The SMILES string of the molecule is CCCNC(c1ccc(C)c(F)c1F)C(OCC)C1CC1. The summed E-state index contributed by atoms with van der Waals surface area (Å²) in [5.41, 5.74) is 0.724. The third-order valence-electron chi connectivity index (χ3n) is 4.03. The molecule has 118 valence electrons. The summed E-state index contributed by atoms with van der Waals surface area (Å²) >= 11 is 0.